The summed E-state index contributed by atoms with van der Waals surface area (Å²) in [6.07, 6.45) is 3.31. The summed E-state index contributed by atoms with van der Waals surface area (Å²) in [6, 6.07) is 5.40. The molecule has 1 fully saturated rings. The molecule has 0 aromatic heterocycles. The predicted molar refractivity (Wildman–Crippen MR) is 61.2 cm³/mol. The zero-order valence-electron chi connectivity index (χ0n) is 9.60. The Morgan fingerprint density at radius 1 is 1.38 bits per heavy atom. The quantitative estimate of drug-likeness (QED) is 0.716. The van der Waals surface area contributed by atoms with E-state index in [4.69, 9.17) is 9.47 Å². The molecule has 0 atom stereocenters. The average molecular weight is 220 g/mol. The molecule has 1 aliphatic carbocycles. The number of hydrogen-bond donors (Lipinski definition) is 0. The van der Waals surface area contributed by atoms with Crippen LogP contribution in [0.5, 0.6) is 11.5 Å². The fourth-order valence-electron chi connectivity index (χ4n) is 1.45. The molecule has 1 aliphatic rings. The van der Waals surface area contributed by atoms with E-state index in [-0.39, 0.29) is 6.10 Å². The van der Waals surface area contributed by atoms with Gasteiger partial charge in [-0.25, -0.2) is 0 Å². The molecule has 0 heterocycles. The number of carbonyl (C=O) groups is 1. The number of ether oxygens (including phenoxy) is 2. The maximum atomic E-state index is 10.9. The fourth-order valence-corrected chi connectivity index (χ4v) is 1.45. The second-order valence-electron chi connectivity index (χ2n) is 4.28. The van der Waals surface area contributed by atoms with Crippen molar-refractivity contribution in [1.82, 2.24) is 0 Å². The van der Waals surface area contributed by atoms with Crippen LogP contribution in [-0.4, -0.2) is 18.5 Å². The van der Waals surface area contributed by atoms with Crippen LogP contribution in [0.3, 0.4) is 0 Å². The lowest BCUT2D eigenvalue weighted by Crippen LogP contribution is -2.09. The van der Waals surface area contributed by atoms with Gasteiger partial charge in [-0.2, -0.15) is 0 Å². The van der Waals surface area contributed by atoms with Crippen LogP contribution < -0.4 is 9.47 Å². The van der Waals surface area contributed by atoms with Gasteiger partial charge in [-0.3, -0.25) is 4.79 Å². The molecule has 1 aromatic rings. The average Bonchev–Trinajstić information content (AvgIpc) is 3.04. The van der Waals surface area contributed by atoms with Crippen molar-refractivity contribution in [2.24, 2.45) is 0 Å². The standard InChI is InChI=1S/C13H16O3/c1-9(2)15-13-10(8-14)4-3-5-12(13)16-11-6-7-11/h3-5,8-9,11H,6-7H2,1-2H3. The van der Waals surface area contributed by atoms with Crippen LogP contribution in [0.4, 0.5) is 0 Å². The molecule has 2 rings (SSSR count). The summed E-state index contributed by atoms with van der Waals surface area (Å²) < 4.78 is 11.4. The van der Waals surface area contributed by atoms with Gasteiger partial charge in [0.25, 0.3) is 0 Å². The first-order chi connectivity index (χ1) is 7.70. The molecule has 0 bridgehead atoms. The summed E-state index contributed by atoms with van der Waals surface area (Å²) in [4.78, 5) is 10.9. The maximum Gasteiger partial charge on any atom is 0.172 e. The van der Waals surface area contributed by atoms with Gasteiger partial charge in [0.05, 0.1) is 17.8 Å². The van der Waals surface area contributed by atoms with Gasteiger partial charge in [-0.05, 0) is 38.8 Å². The monoisotopic (exact) mass is 220 g/mol. The topological polar surface area (TPSA) is 35.5 Å². The summed E-state index contributed by atoms with van der Waals surface area (Å²) in [7, 11) is 0. The molecule has 0 unspecified atom stereocenters. The van der Waals surface area contributed by atoms with E-state index in [1.54, 1.807) is 6.07 Å². The normalized spacial score (nSPS) is 14.9. The third-order valence-corrected chi connectivity index (χ3v) is 2.31. The SMILES string of the molecule is CC(C)Oc1c(C=O)cccc1OC1CC1. The Morgan fingerprint density at radius 2 is 2.12 bits per heavy atom. The Labute approximate surface area is 95.4 Å². The van der Waals surface area contributed by atoms with E-state index < -0.39 is 0 Å². The summed E-state index contributed by atoms with van der Waals surface area (Å²) in [5.74, 6) is 1.25. The highest BCUT2D eigenvalue weighted by Gasteiger charge is 2.25. The molecule has 0 saturated heterocycles. The Kier molecular flexibility index (Phi) is 3.13. The van der Waals surface area contributed by atoms with Crippen molar-refractivity contribution >= 4 is 6.29 Å². The molecule has 0 radical (unpaired) electrons. The summed E-state index contributed by atoms with van der Waals surface area (Å²) >= 11 is 0. The van der Waals surface area contributed by atoms with E-state index in [1.807, 2.05) is 26.0 Å². The van der Waals surface area contributed by atoms with Gasteiger partial charge < -0.3 is 9.47 Å². The summed E-state index contributed by atoms with van der Waals surface area (Å²) in [6.45, 7) is 3.87. The lowest BCUT2D eigenvalue weighted by atomic mass is 10.2. The van der Waals surface area contributed by atoms with Gasteiger partial charge in [0, 0.05) is 0 Å². The highest BCUT2D eigenvalue weighted by molar-refractivity contribution is 5.81. The molecule has 16 heavy (non-hydrogen) atoms. The minimum Gasteiger partial charge on any atom is -0.487 e. The van der Waals surface area contributed by atoms with Crippen LogP contribution in [0.2, 0.25) is 0 Å². The van der Waals surface area contributed by atoms with E-state index in [2.05, 4.69) is 0 Å². The minimum absolute atomic E-state index is 0.0302. The summed E-state index contributed by atoms with van der Waals surface area (Å²) in [5.41, 5.74) is 0.548. The Bertz CT molecular complexity index is 381. The van der Waals surface area contributed by atoms with Crippen LogP contribution in [0.25, 0.3) is 0 Å². The van der Waals surface area contributed by atoms with Crippen molar-refractivity contribution in [3.63, 3.8) is 0 Å². The van der Waals surface area contributed by atoms with Crippen LogP contribution >= 0.6 is 0 Å². The fraction of sp³-hybridized carbons (Fsp3) is 0.462. The van der Waals surface area contributed by atoms with Crippen molar-refractivity contribution in [2.45, 2.75) is 38.9 Å². The molecule has 3 nitrogen and oxygen atoms in total. The number of hydrogen-bond acceptors (Lipinski definition) is 3. The Hall–Kier alpha value is -1.51. The van der Waals surface area contributed by atoms with Gasteiger partial charge in [-0.1, -0.05) is 6.07 Å². The second-order valence-corrected chi connectivity index (χ2v) is 4.28. The van der Waals surface area contributed by atoms with Crippen molar-refractivity contribution in [3.05, 3.63) is 23.8 Å². The Balaban J connectivity index is 2.28. The first-order valence-electron chi connectivity index (χ1n) is 5.62. The number of rotatable bonds is 5. The van der Waals surface area contributed by atoms with Crippen LogP contribution in [-0.2, 0) is 0 Å². The largest absolute Gasteiger partial charge is 0.487 e. The Morgan fingerprint density at radius 3 is 2.69 bits per heavy atom. The smallest absolute Gasteiger partial charge is 0.172 e. The van der Waals surface area contributed by atoms with Crippen LogP contribution in [0.1, 0.15) is 37.0 Å². The van der Waals surface area contributed by atoms with E-state index in [0.717, 1.165) is 19.1 Å². The minimum atomic E-state index is 0.0302. The molecule has 3 heteroatoms. The van der Waals surface area contributed by atoms with Crippen molar-refractivity contribution in [1.29, 1.82) is 0 Å². The number of carbonyl (C=O) groups excluding carboxylic acids is 1. The number of benzene rings is 1. The van der Waals surface area contributed by atoms with Gasteiger partial charge in [-0.15, -0.1) is 0 Å². The zero-order chi connectivity index (χ0) is 11.5. The molecular formula is C13H16O3. The van der Waals surface area contributed by atoms with Crippen LogP contribution in [0.15, 0.2) is 18.2 Å². The van der Waals surface area contributed by atoms with Gasteiger partial charge in [0.15, 0.2) is 17.8 Å². The van der Waals surface area contributed by atoms with Crippen molar-refractivity contribution < 1.29 is 14.3 Å². The highest BCUT2D eigenvalue weighted by Crippen LogP contribution is 2.36. The number of para-hydroxylation sites is 1. The van der Waals surface area contributed by atoms with E-state index in [1.165, 1.54) is 0 Å². The van der Waals surface area contributed by atoms with Gasteiger partial charge >= 0.3 is 0 Å². The second kappa shape index (κ2) is 4.56. The van der Waals surface area contributed by atoms with Crippen molar-refractivity contribution in [2.75, 3.05) is 0 Å². The first-order valence-corrected chi connectivity index (χ1v) is 5.62. The molecule has 1 aromatic carbocycles. The molecule has 86 valence electrons. The first kappa shape index (κ1) is 11.0. The highest BCUT2D eigenvalue weighted by atomic mass is 16.5. The van der Waals surface area contributed by atoms with Gasteiger partial charge in [0.1, 0.15) is 0 Å². The third kappa shape index (κ3) is 2.54. The van der Waals surface area contributed by atoms with Gasteiger partial charge in [0.2, 0.25) is 0 Å². The van der Waals surface area contributed by atoms with E-state index in [9.17, 15) is 4.79 Å². The third-order valence-electron chi connectivity index (χ3n) is 2.31. The maximum absolute atomic E-state index is 10.9. The molecule has 0 amide bonds. The predicted octanol–water partition coefficient (Wildman–Crippen LogP) is 2.83. The molecule has 0 aliphatic heterocycles. The molecule has 0 N–H and O–H groups in total. The molecule has 0 spiro atoms. The lowest BCUT2D eigenvalue weighted by molar-refractivity contribution is 0.111. The summed E-state index contributed by atoms with van der Waals surface area (Å²) in [5, 5.41) is 0. The van der Waals surface area contributed by atoms with Crippen molar-refractivity contribution in [3.8, 4) is 11.5 Å². The van der Waals surface area contributed by atoms with E-state index in [0.29, 0.717) is 23.2 Å². The number of aldehydes is 1. The van der Waals surface area contributed by atoms with E-state index >= 15 is 0 Å². The zero-order valence-corrected chi connectivity index (χ0v) is 9.60. The van der Waals surface area contributed by atoms with Crippen LogP contribution in [0, 0.1) is 0 Å². The molecule has 1 saturated carbocycles. The molecular weight excluding hydrogens is 204 g/mol. The lowest BCUT2D eigenvalue weighted by Gasteiger charge is -2.16.